The lowest BCUT2D eigenvalue weighted by molar-refractivity contribution is 0.0972. The van der Waals surface area contributed by atoms with E-state index in [-0.39, 0.29) is 5.78 Å². The molecule has 0 radical (unpaired) electrons. The molecular formula is C16H17NO2. The summed E-state index contributed by atoms with van der Waals surface area (Å²) in [7, 11) is 1.70. The smallest absolute Gasteiger partial charge is 0.164 e. The lowest BCUT2D eigenvalue weighted by atomic mass is 9.96. The van der Waals surface area contributed by atoms with Crippen molar-refractivity contribution in [3.05, 3.63) is 53.3 Å². The molecule has 1 heterocycles. The predicted octanol–water partition coefficient (Wildman–Crippen LogP) is 3.14. The Labute approximate surface area is 112 Å². The number of ether oxygens (including phenoxy) is 1. The van der Waals surface area contributed by atoms with Crippen LogP contribution in [0.3, 0.4) is 0 Å². The molecule has 0 atom stereocenters. The third-order valence-corrected chi connectivity index (χ3v) is 3.66. The predicted molar refractivity (Wildman–Crippen MR) is 73.8 cm³/mol. The van der Waals surface area contributed by atoms with E-state index >= 15 is 0 Å². The van der Waals surface area contributed by atoms with Crippen LogP contribution in [0.1, 0.15) is 34.5 Å². The van der Waals surface area contributed by atoms with E-state index in [0.29, 0.717) is 13.0 Å². The van der Waals surface area contributed by atoms with Crippen molar-refractivity contribution in [3.63, 3.8) is 0 Å². The first-order chi connectivity index (χ1) is 9.31. The fourth-order valence-corrected chi connectivity index (χ4v) is 2.77. The molecule has 3 rings (SSSR count). The molecule has 0 aliphatic heterocycles. The Balaban J connectivity index is 2.10. The highest BCUT2D eigenvalue weighted by Gasteiger charge is 2.21. The van der Waals surface area contributed by atoms with Crippen molar-refractivity contribution >= 4 is 5.78 Å². The number of para-hydroxylation sites is 1. The van der Waals surface area contributed by atoms with Gasteiger partial charge in [0.2, 0.25) is 0 Å². The molecule has 2 aromatic rings. The molecule has 98 valence electrons. The van der Waals surface area contributed by atoms with Gasteiger partial charge in [-0.1, -0.05) is 18.2 Å². The number of ketones is 1. The summed E-state index contributed by atoms with van der Waals surface area (Å²) < 4.78 is 7.39. The van der Waals surface area contributed by atoms with Gasteiger partial charge >= 0.3 is 0 Å². The summed E-state index contributed by atoms with van der Waals surface area (Å²) in [6.07, 6.45) is 4.59. The monoisotopic (exact) mass is 255 g/mol. The van der Waals surface area contributed by atoms with Crippen LogP contribution < -0.4 is 0 Å². The van der Waals surface area contributed by atoms with Crippen LogP contribution in [-0.4, -0.2) is 17.5 Å². The van der Waals surface area contributed by atoms with Gasteiger partial charge in [-0.25, -0.2) is 0 Å². The van der Waals surface area contributed by atoms with E-state index in [1.54, 1.807) is 7.11 Å². The number of carbonyl (C=O) groups is 1. The molecule has 3 heteroatoms. The second-order valence-electron chi connectivity index (χ2n) is 4.88. The van der Waals surface area contributed by atoms with E-state index in [4.69, 9.17) is 4.74 Å². The Morgan fingerprint density at radius 3 is 2.89 bits per heavy atom. The minimum absolute atomic E-state index is 0.268. The van der Waals surface area contributed by atoms with E-state index in [9.17, 15) is 4.79 Å². The Morgan fingerprint density at radius 2 is 2.05 bits per heavy atom. The van der Waals surface area contributed by atoms with Gasteiger partial charge < -0.3 is 9.30 Å². The highest BCUT2D eigenvalue weighted by Crippen LogP contribution is 2.26. The van der Waals surface area contributed by atoms with Crippen LogP contribution in [0.25, 0.3) is 5.69 Å². The number of hydrogen-bond donors (Lipinski definition) is 0. The van der Waals surface area contributed by atoms with Gasteiger partial charge in [-0.3, -0.25) is 4.79 Å². The molecule has 0 N–H and O–H groups in total. The van der Waals surface area contributed by atoms with E-state index in [0.717, 1.165) is 35.3 Å². The highest BCUT2D eigenvalue weighted by atomic mass is 16.5. The molecule has 0 spiro atoms. The van der Waals surface area contributed by atoms with Crippen molar-refractivity contribution in [2.24, 2.45) is 0 Å². The zero-order valence-electron chi connectivity index (χ0n) is 11.1. The number of carbonyl (C=O) groups excluding carboxylic acids is 1. The van der Waals surface area contributed by atoms with Crippen molar-refractivity contribution in [2.45, 2.75) is 25.9 Å². The average Bonchev–Trinajstić information content (AvgIpc) is 2.85. The van der Waals surface area contributed by atoms with Crippen LogP contribution >= 0.6 is 0 Å². The van der Waals surface area contributed by atoms with Crippen LogP contribution in [-0.2, 0) is 17.8 Å². The van der Waals surface area contributed by atoms with Crippen molar-refractivity contribution in [1.29, 1.82) is 0 Å². The number of Topliss-reactive ketones (excluding diaryl/α,β-unsaturated/α-hetero) is 1. The average molecular weight is 255 g/mol. The third kappa shape index (κ3) is 2.10. The molecule has 1 aromatic carbocycles. The van der Waals surface area contributed by atoms with Crippen molar-refractivity contribution in [1.82, 2.24) is 4.57 Å². The lowest BCUT2D eigenvalue weighted by Crippen LogP contribution is -2.13. The van der Waals surface area contributed by atoms with Crippen LogP contribution in [0.5, 0.6) is 0 Å². The van der Waals surface area contributed by atoms with Gasteiger partial charge in [0.1, 0.15) is 0 Å². The Bertz CT molecular complexity index is 613. The number of fused-ring (bicyclic) bond motifs is 1. The molecule has 19 heavy (non-hydrogen) atoms. The molecule has 0 bridgehead atoms. The molecule has 1 aliphatic carbocycles. The Morgan fingerprint density at radius 1 is 1.21 bits per heavy atom. The second-order valence-corrected chi connectivity index (χ2v) is 4.88. The number of rotatable bonds is 3. The minimum Gasteiger partial charge on any atom is -0.380 e. The number of nitrogens with zero attached hydrogens (tertiary/aromatic N) is 1. The zero-order valence-corrected chi connectivity index (χ0v) is 11.1. The Hall–Kier alpha value is -1.87. The van der Waals surface area contributed by atoms with E-state index in [2.05, 4.69) is 16.7 Å². The topological polar surface area (TPSA) is 31.2 Å². The molecule has 0 fully saturated rings. The van der Waals surface area contributed by atoms with E-state index in [1.807, 2.05) is 24.4 Å². The first-order valence-corrected chi connectivity index (χ1v) is 6.62. The maximum atomic E-state index is 11.9. The number of hydrogen-bond acceptors (Lipinski definition) is 2. The van der Waals surface area contributed by atoms with Crippen molar-refractivity contribution in [3.8, 4) is 5.69 Å². The Kier molecular flexibility index (Phi) is 3.22. The summed E-state index contributed by atoms with van der Waals surface area (Å²) >= 11 is 0. The molecule has 0 saturated carbocycles. The van der Waals surface area contributed by atoms with E-state index in [1.165, 1.54) is 0 Å². The highest BCUT2D eigenvalue weighted by molar-refractivity contribution is 5.98. The summed E-state index contributed by atoms with van der Waals surface area (Å²) in [6.45, 7) is 0.580. The van der Waals surface area contributed by atoms with Gasteiger partial charge in [0.05, 0.1) is 12.3 Å². The largest absolute Gasteiger partial charge is 0.380 e. The fraction of sp³-hybridized carbons (Fsp3) is 0.312. The molecule has 1 aromatic heterocycles. The summed E-state index contributed by atoms with van der Waals surface area (Å²) in [5.41, 5.74) is 4.28. The van der Waals surface area contributed by atoms with Gasteiger partial charge in [0.15, 0.2) is 5.78 Å². The number of methoxy groups -OCH3 is 1. The standard InChI is InChI=1S/C16H17NO2/c1-19-11-12-5-2-3-6-14(12)17-10-9-13-15(17)7-4-8-16(13)18/h2-3,5-6,9-10H,4,7-8,11H2,1H3. The molecular weight excluding hydrogens is 238 g/mol. The summed E-state index contributed by atoms with van der Waals surface area (Å²) in [6, 6.07) is 10.1. The third-order valence-electron chi connectivity index (χ3n) is 3.66. The van der Waals surface area contributed by atoms with Gasteiger partial charge in [-0.05, 0) is 25.0 Å². The minimum atomic E-state index is 0.268. The fourth-order valence-electron chi connectivity index (χ4n) is 2.77. The molecule has 0 amide bonds. The summed E-state index contributed by atoms with van der Waals surface area (Å²) in [4.78, 5) is 11.9. The lowest BCUT2D eigenvalue weighted by Gasteiger charge is -2.17. The maximum absolute atomic E-state index is 11.9. The second kappa shape index (κ2) is 5.02. The van der Waals surface area contributed by atoms with Crippen LogP contribution in [0, 0.1) is 0 Å². The molecule has 0 saturated heterocycles. The van der Waals surface area contributed by atoms with Crippen molar-refractivity contribution < 1.29 is 9.53 Å². The van der Waals surface area contributed by atoms with Gasteiger partial charge in [-0.2, -0.15) is 0 Å². The zero-order chi connectivity index (χ0) is 13.2. The summed E-state index contributed by atoms with van der Waals surface area (Å²) in [5.74, 6) is 0.268. The van der Waals surface area contributed by atoms with Gasteiger partial charge in [0.25, 0.3) is 0 Å². The van der Waals surface area contributed by atoms with E-state index < -0.39 is 0 Å². The van der Waals surface area contributed by atoms with Crippen LogP contribution in [0.2, 0.25) is 0 Å². The van der Waals surface area contributed by atoms with Crippen LogP contribution in [0.15, 0.2) is 36.5 Å². The first kappa shape index (κ1) is 12.2. The van der Waals surface area contributed by atoms with Crippen LogP contribution in [0.4, 0.5) is 0 Å². The molecule has 0 unspecified atom stereocenters. The normalized spacial score (nSPS) is 14.5. The first-order valence-electron chi connectivity index (χ1n) is 6.62. The molecule has 3 nitrogen and oxygen atoms in total. The number of aromatic nitrogens is 1. The molecule has 1 aliphatic rings. The van der Waals surface area contributed by atoms with Gasteiger partial charge in [0, 0.05) is 36.5 Å². The quantitative estimate of drug-likeness (QED) is 0.843. The SMILES string of the molecule is COCc1ccccc1-n1ccc2c1CCCC2=O. The maximum Gasteiger partial charge on any atom is 0.164 e. The summed E-state index contributed by atoms with van der Waals surface area (Å²) in [5, 5.41) is 0. The number of benzene rings is 1. The van der Waals surface area contributed by atoms with Crippen molar-refractivity contribution in [2.75, 3.05) is 7.11 Å². The van der Waals surface area contributed by atoms with Gasteiger partial charge in [-0.15, -0.1) is 0 Å².